The highest BCUT2D eigenvalue weighted by atomic mass is 16.5. The van der Waals surface area contributed by atoms with E-state index in [1.807, 2.05) is 32.0 Å². The Bertz CT molecular complexity index is 399. The van der Waals surface area contributed by atoms with Gasteiger partial charge in [0.05, 0.1) is 6.20 Å². The van der Waals surface area contributed by atoms with E-state index < -0.39 is 0 Å². The smallest absolute Gasteiger partial charge is 0.253 e. The van der Waals surface area contributed by atoms with Crippen molar-refractivity contribution in [2.24, 2.45) is 0 Å². The number of nitrogens with two attached hydrogens (primary N) is 1. The summed E-state index contributed by atoms with van der Waals surface area (Å²) in [6.45, 7) is 2.62. The number of nitriles is 1. The number of anilines is 1. The Kier molecular flexibility index (Phi) is 4.03. The second kappa shape index (κ2) is 5.28. The Balaban J connectivity index is 2.80. The van der Waals surface area contributed by atoms with E-state index in [-0.39, 0.29) is 23.5 Å². The maximum Gasteiger partial charge on any atom is 0.253 e. The maximum absolute atomic E-state index is 8.82. The third-order valence-corrected chi connectivity index (χ3v) is 1.80. The molecule has 1 rings (SSSR count). The average Bonchev–Trinajstić information content (AvgIpc) is 2.16. The first-order chi connectivity index (χ1) is 7.52. The summed E-state index contributed by atoms with van der Waals surface area (Å²) in [5.41, 5.74) is 5.64. The van der Waals surface area contributed by atoms with Crippen molar-refractivity contribution in [1.82, 2.24) is 14.9 Å². The van der Waals surface area contributed by atoms with Gasteiger partial charge in [-0.05, 0) is 21.0 Å². The van der Waals surface area contributed by atoms with Gasteiger partial charge in [0.2, 0.25) is 5.69 Å². The monoisotopic (exact) mass is 221 g/mol. The van der Waals surface area contributed by atoms with Crippen molar-refractivity contribution in [2.45, 2.75) is 13.0 Å². The van der Waals surface area contributed by atoms with Gasteiger partial charge in [0.15, 0.2) is 0 Å². The molecule has 1 unspecified atom stereocenters. The molecule has 6 heteroatoms. The standard InChI is InChI=1S/C10H15N5O/c1-7(6-15(2)3)16-10-8(4-11)13-5-9(12)14-10/h5,7H,6H2,1-3H3,(H2,12,14). The van der Waals surface area contributed by atoms with Crippen molar-refractivity contribution < 1.29 is 4.74 Å². The van der Waals surface area contributed by atoms with Crippen LogP contribution < -0.4 is 10.5 Å². The van der Waals surface area contributed by atoms with Gasteiger partial charge < -0.3 is 15.4 Å². The minimum absolute atomic E-state index is 0.0850. The molecular weight excluding hydrogens is 206 g/mol. The molecule has 2 N–H and O–H groups in total. The average molecular weight is 221 g/mol. The van der Waals surface area contributed by atoms with E-state index in [1.54, 1.807) is 0 Å². The number of rotatable bonds is 4. The van der Waals surface area contributed by atoms with Crippen LogP contribution in [0, 0.1) is 11.3 Å². The second-order valence-electron chi connectivity index (χ2n) is 3.75. The van der Waals surface area contributed by atoms with Crippen LogP contribution in [-0.4, -0.2) is 41.6 Å². The molecule has 0 amide bonds. The first kappa shape index (κ1) is 12.2. The Labute approximate surface area is 94.7 Å². The summed E-state index contributed by atoms with van der Waals surface area (Å²) in [4.78, 5) is 9.77. The van der Waals surface area contributed by atoms with Gasteiger partial charge in [-0.1, -0.05) is 0 Å². The molecule has 0 radical (unpaired) electrons. The first-order valence-corrected chi connectivity index (χ1v) is 4.87. The normalized spacial score (nSPS) is 12.2. The van der Waals surface area contributed by atoms with Crippen LogP contribution >= 0.6 is 0 Å². The molecular formula is C10H15N5O. The van der Waals surface area contributed by atoms with Crippen LogP contribution in [0.4, 0.5) is 5.82 Å². The Morgan fingerprint density at radius 2 is 2.31 bits per heavy atom. The fraction of sp³-hybridized carbons (Fsp3) is 0.500. The summed E-state index contributed by atoms with van der Waals surface area (Å²) < 4.78 is 5.51. The molecule has 16 heavy (non-hydrogen) atoms. The lowest BCUT2D eigenvalue weighted by Crippen LogP contribution is -2.28. The van der Waals surface area contributed by atoms with Crippen LogP contribution in [0.5, 0.6) is 5.88 Å². The molecule has 0 aliphatic rings. The quantitative estimate of drug-likeness (QED) is 0.784. The van der Waals surface area contributed by atoms with Crippen molar-refractivity contribution in [2.75, 3.05) is 26.4 Å². The van der Waals surface area contributed by atoms with E-state index in [4.69, 9.17) is 15.7 Å². The Morgan fingerprint density at radius 1 is 1.62 bits per heavy atom. The molecule has 1 atom stereocenters. The number of nitrogen functional groups attached to an aromatic ring is 1. The molecule has 86 valence electrons. The van der Waals surface area contributed by atoms with E-state index >= 15 is 0 Å². The van der Waals surface area contributed by atoms with Gasteiger partial charge in [-0.2, -0.15) is 10.2 Å². The highest BCUT2D eigenvalue weighted by molar-refractivity contribution is 5.37. The van der Waals surface area contributed by atoms with E-state index in [0.29, 0.717) is 0 Å². The number of ether oxygens (including phenoxy) is 1. The molecule has 0 aromatic carbocycles. The van der Waals surface area contributed by atoms with Crippen molar-refractivity contribution in [3.63, 3.8) is 0 Å². The molecule has 6 nitrogen and oxygen atoms in total. The second-order valence-corrected chi connectivity index (χ2v) is 3.75. The number of hydrogen-bond acceptors (Lipinski definition) is 6. The molecule has 0 bridgehead atoms. The largest absolute Gasteiger partial charge is 0.471 e. The predicted octanol–water partition coefficient (Wildman–Crippen LogP) is 0.259. The van der Waals surface area contributed by atoms with Gasteiger partial charge in [0.25, 0.3) is 5.88 Å². The van der Waals surface area contributed by atoms with Gasteiger partial charge in [0, 0.05) is 6.54 Å². The van der Waals surface area contributed by atoms with Gasteiger partial charge in [-0.3, -0.25) is 0 Å². The first-order valence-electron chi connectivity index (χ1n) is 4.87. The summed E-state index contributed by atoms with van der Waals surface area (Å²) in [6.07, 6.45) is 1.25. The highest BCUT2D eigenvalue weighted by Gasteiger charge is 2.12. The predicted molar refractivity (Wildman–Crippen MR) is 59.8 cm³/mol. The number of aromatic nitrogens is 2. The minimum atomic E-state index is -0.0850. The van der Waals surface area contributed by atoms with Crippen LogP contribution in [-0.2, 0) is 0 Å². The molecule has 0 aliphatic heterocycles. The summed E-state index contributed by atoms with van der Waals surface area (Å²) in [5.74, 6) is 0.433. The minimum Gasteiger partial charge on any atom is -0.471 e. The molecule has 1 aromatic rings. The fourth-order valence-electron chi connectivity index (χ4n) is 1.29. The van der Waals surface area contributed by atoms with Crippen LogP contribution in [0.1, 0.15) is 12.6 Å². The number of hydrogen-bond donors (Lipinski definition) is 1. The lowest BCUT2D eigenvalue weighted by Gasteiger charge is -2.18. The zero-order valence-electron chi connectivity index (χ0n) is 9.64. The summed E-state index contributed by atoms with van der Waals surface area (Å²) in [7, 11) is 3.88. The van der Waals surface area contributed by atoms with Gasteiger partial charge >= 0.3 is 0 Å². The van der Waals surface area contributed by atoms with E-state index in [9.17, 15) is 0 Å². The topological polar surface area (TPSA) is 88.1 Å². The van der Waals surface area contributed by atoms with E-state index in [0.717, 1.165) is 6.54 Å². The number of nitrogens with zero attached hydrogens (tertiary/aromatic N) is 4. The lowest BCUT2D eigenvalue weighted by molar-refractivity contribution is 0.169. The van der Waals surface area contributed by atoms with E-state index in [2.05, 4.69) is 9.97 Å². The van der Waals surface area contributed by atoms with Gasteiger partial charge in [-0.25, -0.2) is 4.98 Å². The molecule has 1 aromatic heterocycles. The molecule has 1 heterocycles. The molecule has 0 saturated carbocycles. The SMILES string of the molecule is CC(CN(C)C)Oc1nc(N)cnc1C#N. The van der Waals surface area contributed by atoms with Crippen LogP contribution in [0.3, 0.4) is 0 Å². The molecule has 0 saturated heterocycles. The van der Waals surface area contributed by atoms with Crippen LogP contribution in [0.25, 0.3) is 0 Å². The zero-order chi connectivity index (χ0) is 12.1. The van der Waals surface area contributed by atoms with Gasteiger partial charge in [-0.15, -0.1) is 0 Å². The number of likely N-dealkylation sites (N-methyl/N-ethyl adjacent to an activating group) is 1. The van der Waals surface area contributed by atoms with Gasteiger partial charge in [0.1, 0.15) is 18.0 Å². The Hall–Kier alpha value is -1.87. The zero-order valence-corrected chi connectivity index (χ0v) is 9.64. The maximum atomic E-state index is 8.82. The van der Waals surface area contributed by atoms with Crippen LogP contribution in [0.2, 0.25) is 0 Å². The van der Waals surface area contributed by atoms with E-state index in [1.165, 1.54) is 6.20 Å². The fourth-order valence-corrected chi connectivity index (χ4v) is 1.29. The summed E-state index contributed by atoms with van der Waals surface area (Å²) >= 11 is 0. The van der Waals surface area contributed by atoms with Crippen molar-refractivity contribution >= 4 is 5.82 Å². The van der Waals surface area contributed by atoms with Crippen molar-refractivity contribution in [3.8, 4) is 11.9 Å². The summed E-state index contributed by atoms with van der Waals surface area (Å²) in [6, 6.07) is 1.91. The molecule has 0 fully saturated rings. The lowest BCUT2D eigenvalue weighted by atomic mass is 10.4. The van der Waals surface area contributed by atoms with Crippen molar-refractivity contribution in [3.05, 3.63) is 11.9 Å². The summed E-state index contributed by atoms with van der Waals surface area (Å²) in [5, 5.41) is 8.82. The highest BCUT2D eigenvalue weighted by Crippen LogP contribution is 2.14. The third kappa shape index (κ3) is 3.37. The Morgan fingerprint density at radius 3 is 2.88 bits per heavy atom. The van der Waals surface area contributed by atoms with Crippen LogP contribution in [0.15, 0.2) is 6.20 Å². The molecule has 0 aliphatic carbocycles. The third-order valence-electron chi connectivity index (χ3n) is 1.80. The molecule has 0 spiro atoms. The van der Waals surface area contributed by atoms with Crippen molar-refractivity contribution in [1.29, 1.82) is 5.26 Å².